The molecule has 0 aliphatic carbocycles. The van der Waals surface area contributed by atoms with Crippen molar-refractivity contribution in [3.63, 3.8) is 0 Å². The summed E-state index contributed by atoms with van der Waals surface area (Å²) in [5.41, 5.74) is 1.75. The van der Waals surface area contributed by atoms with Crippen LogP contribution in [-0.4, -0.2) is 55.2 Å². The Morgan fingerprint density at radius 3 is 2.61 bits per heavy atom. The number of nitrogens with one attached hydrogen (secondary N) is 1. The lowest BCUT2D eigenvalue weighted by Crippen LogP contribution is -2.40. The van der Waals surface area contributed by atoms with Gasteiger partial charge in [0.05, 0.1) is 18.1 Å². The molecule has 0 spiro atoms. The van der Waals surface area contributed by atoms with Crippen molar-refractivity contribution in [1.29, 1.82) is 0 Å². The van der Waals surface area contributed by atoms with E-state index in [1.807, 2.05) is 17.0 Å². The molecule has 0 bridgehead atoms. The highest BCUT2D eigenvalue weighted by atomic mass is 16.6. The van der Waals surface area contributed by atoms with E-state index in [1.54, 1.807) is 24.4 Å². The minimum atomic E-state index is -0.353. The topological polar surface area (TPSA) is 101 Å². The molecule has 9 nitrogen and oxygen atoms in total. The van der Waals surface area contributed by atoms with Crippen molar-refractivity contribution < 1.29 is 14.5 Å². The number of nitro groups is 1. The van der Waals surface area contributed by atoms with Crippen molar-refractivity contribution in [3.05, 3.63) is 58.3 Å². The number of para-hydroxylation sites is 2. The number of pyridine rings is 1. The molecule has 1 aromatic heterocycles. The Kier molecular flexibility index (Phi) is 6.61. The summed E-state index contributed by atoms with van der Waals surface area (Å²) in [6.45, 7) is 4.75. The van der Waals surface area contributed by atoms with E-state index in [-0.39, 0.29) is 22.4 Å². The lowest BCUT2D eigenvalue weighted by atomic mass is 9.95. The van der Waals surface area contributed by atoms with E-state index in [0.717, 1.165) is 24.5 Å². The Morgan fingerprint density at radius 2 is 1.87 bits per heavy atom. The van der Waals surface area contributed by atoms with E-state index in [0.29, 0.717) is 51.4 Å². The molecule has 2 aromatic rings. The SMILES string of the molecule is O=C(NCc1ccnc(N2CCOCC2)c1)C1CCN(c2ccccc2[N+](=O)[O-])CC1. The van der Waals surface area contributed by atoms with Crippen molar-refractivity contribution in [2.45, 2.75) is 19.4 Å². The molecule has 1 amide bonds. The van der Waals surface area contributed by atoms with E-state index >= 15 is 0 Å². The summed E-state index contributed by atoms with van der Waals surface area (Å²) in [5, 5.41) is 14.3. The first-order chi connectivity index (χ1) is 15.1. The van der Waals surface area contributed by atoms with Crippen LogP contribution in [0.3, 0.4) is 0 Å². The third-order valence-electron chi connectivity index (χ3n) is 5.90. The normalized spacial score (nSPS) is 17.4. The number of rotatable bonds is 6. The number of hydrogen-bond donors (Lipinski definition) is 1. The van der Waals surface area contributed by atoms with Gasteiger partial charge in [0.15, 0.2) is 0 Å². The molecule has 4 rings (SSSR count). The number of aromatic nitrogens is 1. The first-order valence-electron chi connectivity index (χ1n) is 10.7. The Morgan fingerprint density at radius 1 is 1.13 bits per heavy atom. The molecule has 1 aromatic carbocycles. The van der Waals surface area contributed by atoms with Crippen LogP contribution < -0.4 is 15.1 Å². The monoisotopic (exact) mass is 425 g/mol. The average molecular weight is 425 g/mol. The van der Waals surface area contributed by atoms with Crippen LogP contribution in [0.25, 0.3) is 0 Å². The fourth-order valence-electron chi connectivity index (χ4n) is 4.14. The fourth-order valence-corrected chi connectivity index (χ4v) is 4.14. The van der Waals surface area contributed by atoms with E-state index in [9.17, 15) is 14.9 Å². The molecular weight excluding hydrogens is 398 g/mol. The van der Waals surface area contributed by atoms with E-state index in [2.05, 4.69) is 15.2 Å². The third-order valence-corrected chi connectivity index (χ3v) is 5.90. The van der Waals surface area contributed by atoms with Gasteiger partial charge >= 0.3 is 0 Å². The van der Waals surface area contributed by atoms with Gasteiger partial charge in [-0.05, 0) is 36.6 Å². The Bertz CT molecular complexity index is 924. The number of carbonyl (C=O) groups excluding carboxylic acids is 1. The first kappa shape index (κ1) is 21.0. The molecule has 31 heavy (non-hydrogen) atoms. The van der Waals surface area contributed by atoms with Crippen LogP contribution in [0.2, 0.25) is 0 Å². The number of nitro benzene ring substituents is 1. The summed E-state index contributed by atoms with van der Waals surface area (Å²) in [6, 6.07) is 10.7. The minimum absolute atomic E-state index is 0.0342. The fraction of sp³-hybridized carbons (Fsp3) is 0.455. The van der Waals surface area contributed by atoms with Crippen molar-refractivity contribution in [2.75, 3.05) is 49.2 Å². The predicted molar refractivity (Wildman–Crippen MR) is 117 cm³/mol. The second kappa shape index (κ2) is 9.74. The number of carbonyl (C=O) groups is 1. The standard InChI is InChI=1S/C22H27N5O4/c28-22(24-16-17-5-8-23-21(15-17)26-11-13-31-14-12-26)18-6-9-25(10-7-18)19-3-1-2-4-20(19)27(29)30/h1-5,8,15,18H,6-7,9-14,16H2,(H,24,28). The highest BCUT2D eigenvalue weighted by Gasteiger charge is 2.28. The lowest BCUT2D eigenvalue weighted by Gasteiger charge is -2.32. The number of hydrogen-bond acceptors (Lipinski definition) is 7. The highest BCUT2D eigenvalue weighted by Crippen LogP contribution is 2.31. The maximum absolute atomic E-state index is 12.7. The van der Waals surface area contributed by atoms with Gasteiger partial charge in [-0.25, -0.2) is 4.98 Å². The molecule has 0 atom stereocenters. The molecule has 2 aliphatic heterocycles. The number of nitrogens with zero attached hydrogens (tertiary/aromatic N) is 4. The summed E-state index contributed by atoms with van der Waals surface area (Å²) in [7, 11) is 0. The van der Waals surface area contributed by atoms with Crippen LogP contribution in [0.1, 0.15) is 18.4 Å². The van der Waals surface area contributed by atoms with Crippen LogP contribution in [0.5, 0.6) is 0 Å². The molecule has 0 saturated carbocycles. The van der Waals surface area contributed by atoms with Gasteiger partial charge in [-0.15, -0.1) is 0 Å². The molecular formula is C22H27N5O4. The zero-order chi connectivity index (χ0) is 21.6. The smallest absolute Gasteiger partial charge is 0.292 e. The summed E-state index contributed by atoms with van der Waals surface area (Å²) in [4.78, 5) is 32.3. The molecule has 3 heterocycles. The highest BCUT2D eigenvalue weighted by molar-refractivity contribution is 5.79. The van der Waals surface area contributed by atoms with Gasteiger partial charge in [0, 0.05) is 50.9 Å². The molecule has 164 valence electrons. The molecule has 1 N–H and O–H groups in total. The molecule has 2 saturated heterocycles. The van der Waals surface area contributed by atoms with Gasteiger partial charge < -0.3 is 19.9 Å². The Labute approximate surface area is 181 Å². The van der Waals surface area contributed by atoms with Crippen molar-refractivity contribution >= 4 is 23.1 Å². The molecule has 2 fully saturated rings. The predicted octanol–water partition coefficient (Wildman–Crippen LogP) is 2.36. The number of ether oxygens (including phenoxy) is 1. The van der Waals surface area contributed by atoms with Gasteiger partial charge in [0.25, 0.3) is 5.69 Å². The number of benzene rings is 1. The van der Waals surface area contributed by atoms with Crippen LogP contribution in [-0.2, 0) is 16.1 Å². The summed E-state index contributed by atoms with van der Waals surface area (Å²) < 4.78 is 5.39. The minimum Gasteiger partial charge on any atom is -0.378 e. The largest absolute Gasteiger partial charge is 0.378 e. The second-order valence-corrected chi connectivity index (χ2v) is 7.85. The number of anilines is 2. The second-order valence-electron chi connectivity index (χ2n) is 7.85. The van der Waals surface area contributed by atoms with Gasteiger partial charge in [-0.1, -0.05) is 12.1 Å². The first-order valence-corrected chi connectivity index (χ1v) is 10.7. The van der Waals surface area contributed by atoms with Gasteiger partial charge in [0.2, 0.25) is 5.91 Å². The van der Waals surface area contributed by atoms with E-state index < -0.39 is 0 Å². The molecule has 0 unspecified atom stereocenters. The summed E-state index contributed by atoms with van der Waals surface area (Å²) in [5.74, 6) is 0.860. The third kappa shape index (κ3) is 5.11. The Hall–Kier alpha value is -3.20. The quantitative estimate of drug-likeness (QED) is 0.560. The number of amides is 1. The summed E-state index contributed by atoms with van der Waals surface area (Å²) >= 11 is 0. The molecule has 0 radical (unpaired) electrons. The van der Waals surface area contributed by atoms with Gasteiger partial charge in [-0.2, -0.15) is 0 Å². The summed E-state index contributed by atoms with van der Waals surface area (Å²) in [6.07, 6.45) is 3.12. The van der Waals surface area contributed by atoms with E-state index in [1.165, 1.54) is 6.07 Å². The Balaban J connectivity index is 1.29. The van der Waals surface area contributed by atoms with Crippen LogP contribution in [0.15, 0.2) is 42.6 Å². The van der Waals surface area contributed by atoms with Gasteiger partial charge in [0.1, 0.15) is 11.5 Å². The van der Waals surface area contributed by atoms with Crippen LogP contribution >= 0.6 is 0 Å². The van der Waals surface area contributed by atoms with Crippen LogP contribution in [0, 0.1) is 16.0 Å². The van der Waals surface area contributed by atoms with Crippen LogP contribution in [0.4, 0.5) is 17.2 Å². The number of piperidine rings is 1. The molecule has 9 heteroatoms. The van der Waals surface area contributed by atoms with Crippen molar-refractivity contribution in [2.24, 2.45) is 5.92 Å². The molecule has 2 aliphatic rings. The van der Waals surface area contributed by atoms with Crippen molar-refractivity contribution in [3.8, 4) is 0 Å². The zero-order valence-electron chi connectivity index (χ0n) is 17.4. The lowest BCUT2D eigenvalue weighted by molar-refractivity contribution is -0.384. The maximum atomic E-state index is 12.7. The average Bonchev–Trinajstić information content (AvgIpc) is 2.83. The van der Waals surface area contributed by atoms with Crippen molar-refractivity contribution in [1.82, 2.24) is 10.3 Å². The maximum Gasteiger partial charge on any atom is 0.292 e. The zero-order valence-corrected chi connectivity index (χ0v) is 17.4. The van der Waals surface area contributed by atoms with E-state index in [4.69, 9.17) is 4.74 Å². The van der Waals surface area contributed by atoms with Gasteiger partial charge in [-0.3, -0.25) is 14.9 Å². The number of morpholine rings is 1.